The van der Waals surface area contributed by atoms with Crippen LogP contribution in [0.3, 0.4) is 0 Å². The molecule has 0 aliphatic rings. The minimum Gasteiger partial charge on any atom is -0.399 e. The minimum absolute atomic E-state index is 0.553. The third-order valence-corrected chi connectivity index (χ3v) is 3.29. The molecule has 7 heteroatoms. The van der Waals surface area contributed by atoms with Crippen LogP contribution in [0.4, 0.5) is 5.69 Å². The average molecular weight is 277 g/mol. The van der Waals surface area contributed by atoms with E-state index in [9.17, 15) is 0 Å². The van der Waals surface area contributed by atoms with E-state index in [-0.39, 0.29) is 0 Å². The van der Waals surface area contributed by atoms with Crippen molar-refractivity contribution in [1.29, 1.82) is 0 Å². The number of aromatic nitrogens is 6. The predicted molar refractivity (Wildman–Crippen MR) is 78.7 cm³/mol. The lowest BCUT2D eigenvalue weighted by Gasteiger charge is -2.05. The quantitative estimate of drug-likeness (QED) is 0.544. The number of nitrogens with zero attached hydrogens (tertiary/aromatic N) is 5. The zero-order valence-electron chi connectivity index (χ0n) is 10.9. The molecular formula is C14H11N7. The molecule has 0 bridgehead atoms. The van der Waals surface area contributed by atoms with Gasteiger partial charge in [-0.2, -0.15) is 10.3 Å². The Kier molecular flexibility index (Phi) is 2.43. The van der Waals surface area contributed by atoms with E-state index < -0.39 is 0 Å². The highest BCUT2D eigenvalue weighted by Gasteiger charge is 2.09. The molecule has 21 heavy (non-hydrogen) atoms. The number of benzene rings is 2. The van der Waals surface area contributed by atoms with E-state index in [1.165, 1.54) is 0 Å². The SMILES string of the molecule is Nc1cccc(-n2ncc3ccc(-c4nn[nH]n4)cc32)c1. The van der Waals surface area contributed by atoms with E-state index in [4.69, 9.17) is 5.73 Å². The molecule has 2 aromatic carbocycles. The van der Waals surface area contributed by atoms with Gasteiger partial charge in [-0.1, -0.05) is 18.2 Å². The van der Waals surface area contributed by atoms with Crippen molar-refractivity contribution in [3.05, 3.63) is 48.7 Å². The highest BCUT2D eigenvalue weighted by molar-refractivity contribution is 5.84. The number of fused-ring (bicyclic) bond motifs is 1. The second kappa shape index (κ2) is 4.41. The summed E-state index contributed by atoms with van der Waals surface area (Å²) in [5.41, 5.74) is 9.29. The number of nitrogens with two attached hydrogens (primary N) is 1. The molecule has 0 spiro atoms. The van der Waals surface area contributed by atoms with Gasteiger partial charge in [-0.3, -0.25) is 0 Å². The molecule has 0 saturated carbocycles. The molecule has 0 atom stereocenters. The number of nitrogen functional groups attached to an aromatic ring is 1. The number of hydrogen-bond donors (Lipinski definition) is 2. The highest BCUT2D eigenvalue weighted by Crippen LogP contribution is 2.24. The number of nitrogens with one attached hydrogen (secondary N) is 1. The second-order valence-corrected chi connectivity index (χ2v) is 4.66. The first-order chi connectivity index (χ1) is 10.3. The molecule has 2 heterocycles. The van der Waals surface area contributed by atoms with Crippen LogP contribution in [0.1, 0.15) is 0 Å². The van der Waals surface area contributed by atoms with Crippen molar-refractivity contribution in [1.82, 2.24) is 30.4 Å². The molecule has 0 aliphatic heterocycles. The van der Waals surface area contributed by atoms with Crippen LogP contribution in [0.25, 0.3) is 28.0 Å². The van der Waals surface area contributed by atoms with Crippen molar-refractivity contribution in [2.75, 3.05) is 5.73 Å². The molecule has 7 nitrogen and oxygen atoms in total. The van der Waals surface area contributed by atoms with Crippen LogP contribution in [0.5, 0.6) is 0 Å². The standard InChI is InChI=1S/C14H11N7/c15-11-2-1-3-12(7-11)21-13-6-9(14-17-19-20-18-14)4-5-10(13)8-16-21/h1-8H,15H2,(H,17,18,19,20). The van der Waals surface area contributed by atoms with Gasteiger partial charge in [0.05, 0.1) is 17.4 Å². The maximum atomic E-state index is 5.84. The summed E-state index contributed by atoms with van der Waals surface area (Å²) in [6, 6.07) is 13.5. The average Bonchev–Trinajstić information content (AvgIpc) is 3.16. The first kappa shape index (κ1) is 11.6. The summed E-state index contributed by atoms with van der Waals surface area (Å²) in [4.78, 5) is 0. The van der Waals surface area contributed by atoms with E-state index >= 15 is 0 Å². The largest absolute Gasteiger partial charge is 0.399 e. The fourth-order valence-electron chi connectivity index (χ4n) is 2.30. The predicted octanol–water partition coefficient (Wildman–Crippen LogP) is 1.79. The second-order valence-electron chi connectivity index (χ2n) is 4.66. The maximum Gasteiger partial charge on any atom is 0.204 e. The van der Waals surface area contributed by atoms with Crippen LogP contribution in [0, 0.1) is 0 Å². The van der Waals surface area contributed by atoms with Gasteiger partial charge in [-0.05, 0) is 29.5 Å². The third-order valence-electron chi connectivity index (χ3n) is 3.29. The molecule has 0 aliphatic carbocycles. The van der Waals surface area contributed by atoms with Crippen molar-refractivity contribution >= 4 is 16.6 Å². The summed E-state index contributed by atoms with van der Waals surface area (Å²) >= 11 is 0. The third kappa shape index (κ3) is 1.91. The molecule has 0 unspecified atom stereocenters. The number of anilines is 1. The van der Waals surface area contributed by atoms with Crippen LogP contribution in [0.15, 0.2) is 48.7 Å². The minimum atomic E-state index is 0.553. The van der Waals surface area contributed by atoms with Gasteiger partial charge in [0.25, 0.3) is 0 Å². The molecule has 4 rings (SSSR count). The maximum absolute atomic E-state index is 5.84. The van der Waals surface area contributed by atoms with E-state index in [2.05, 4.69) is 25.7 Å². The van der Waals surface area contributed by atoms with Crippen LogP contribution in [-0.4, -0.2) is 30.4 Å². The van der Waals surface area contributed by atoms with E-state index in [1.807, 2.05) is 53.3 Å². The molecule has 4 aromatic rings. The first-order valence-corrected chi connectivity index (χ1v) is 6.39. The molecule has 3 N–H and O–H groups in total. The van der Waals surface area contributed by atoms with Crippen LogP contribution in [-0.2, 0) is 0 Å². The van der Waals surface area contributed by atoms with Crippen molar-refractivity contribution in [3.8, 4) is 17.1 Å². The summed E-state index contributed by atoms with van der Waals surface area (Å²) in [6.07, 6.45) is 1.82. The zero-order chi connectivity index (χ0) is 14.2. The summed E-state index contributed by atoms with van der Waals surface area (Å²) in [5.74, 6) is 0.553. The van der Waals surface area contributed by atoms with Gasteiger partial charge in [0.15, 0.2) is 0 Å². The Morgan fingerprint density at radius 1 is 1.10 bits per heavy atom. The van der Waals surface area contributed by atoms with Crippen LogP contribution in [0.2, 0.25) is 0 Å². The number of rotatable bonds is 2. The first-order valence-electron chi connectivity index (χ1n) is 6.39. The van der Waals surface area contributed by atoms with Crippen LogP contribution >= 0.6 is 0 Å². The van der Waals surface area contributed by atoms with E-state index in [0.29, 0.717) is 11.5 Å². The van der Waals surface area contributed by atoms with Gasteiger partial charge in [0, 0.05) is 16.6 Å². The monoisotopic (exact) mass is 277 g/mol. The Labute approximate surface area is 119 Å². The Bertz CT molecular complexity index is 908. The number of H-pyrrole nitrogens is 1. The van der Waals surface area contributed by atoms with Crippen molar-refractivity contribution in [3.63, 3.8) is 0 Å². The topological polar surface area (TPSA) is 98.3 Å². The highest BCUT2D eigenvalue weighted by atomic mass is 15.5. The molecule has 0 radical (unpaired) electrons. The normalized spacial score (nSPS) is 11.0. The summed E-state index contributed by atoms with van der Waals surface area (Å²) in [5, 5.41) is 19.5. The fraction of sp³-hybridized carbons (Fsp3) is 0. The Balaban J connectivity index is 1.92. The van der Waals surface area contributed by atoms with E-state index in [0.717, 1.165) is 22.2 Å². The Morgan fingerprint density at radius 2 is 2.05 bits per heavy atom. The Morgan fingerprint density at radius 3 is 2.86 bits per heavy atom. The van der Waals surface area contributed by atoms with Crippen molar-refractivity contribution in [2.45, 2.75) is 0 Å². The smallest absolute Gasteiger partial charge is 0.204 e. The number of tetrazole rings is 1. The molecular weight excluding hydrogens is 266 g/mol. The molecule has 0 saturated heterocycles. The lowest BCUT2D eigenvalue weighted by Crippen LogP contribution is -1.97. The fourth-order valence-corrected chi connectivity index (χ4v) is 2.30. The number of aromatic amines is 1. The van der Waals surface area contributed by atoms with Gasteiger partial charge in [0.1, 0.15) is 0 Å². The lowest BCUT2D eigenvalue weighted by molar-refractivity contribution is 0.881. The molecule has 2 aromatic heterocycles. The molecule has 0 fully saturated rings. The van der Waals surface area contributed by atoms with Gasteiger partial charge in [-0.15, -0.1) is 10.2 Å². The van der Waals surface area contributed by atoms with Crippen molar-refractivity contribution in [2.24, 2.45) is 0 Å². The van der Waals surface area contributed by atoms with Crippen LogP contribution < -0.4 is 5.73 Å². The summed E-state index contributed by atoms with van der Waals surface area (Å²) < 4.78 is 1.84. The Hall–Kier alpha value is -3.22. The summed E-state index contributed by atoms with van der Waals surface area (Å²) in [6.45, 7) is 0. The van der Waals surface area contributed by atoms with Gasteiger partial charge in [-0.25, -0.2) is 4.68 Å². The van der Waals surface area contributed by atoms with Crippen molar-refractivity contribution < 1.29 is 0 Å². The van der Waals surface area contributed by atoms with E-state index in [1.54, 1.807) is 0 Å². The zero-order valence-corrected chi connectivity index (χ0v) is 10.9. The molecule has 0 amide bonds. The van der Waals surface area contributed by atoms with Gasteiger partial charge in [0.2, 0.25) is 5.82 Å². The van der Waals surface area contributed by atoms with Gasteiger partial charge >= 0.3 is 0 Å². The number of hydrogen-bond acceptors (Lipinski definition) is 5. The summed E-state index contributed by atoms with van der Waals surface area (Å²) in [7, 11) is 0. The lowest BCUT2D eigenvalue weighted by atomic mass is 10.1. The molecule has 102 valence electrons. The van der Waals surface area contributed by atoms with Gasteiger partial charge < -0.3 is 5.73 Å².